The summed E-state index contributed by atoms with van der Waals surface area (Å²) in [7, 11) is 1.79. The predicted molar refractivity (Wildman–Crippen MR) is 90.3 cm³/mol. The Morgan fingerprint density at radius 3 is 2.96 bits per heavy atom. The number of rotatable bonds is 3. The van der Waals surface area contributed by atoms with Crippen LogP contribution in [0.1, 0.15) is 23.3 Å². The summed E-state index contributed by atoms with van der Waals surface area (Å²) in [6.45, 7) is 1.23. The van der Waals surface area contributed by atoms with Crippen LogP contribution in [0.2, 0.25) is 0 Å². The maximum atomic E-state index is 12.5. The highest BCUT2D eigenvalue weighted by Crippen LogP contribution is 2.25. The molecule has 1 saturated heterocycles. The Kier molecular flexibility index (Phi) is 3.61. The van der Waals surface area contributed by atoms with Gasteiger partial charge in [0.1, 0.15) is 11.3 Å². The van der Waals surface area contributed by atoms with Crippen LogP contribution < -0.4 is 10.9 Å². The molecule has 0 spiro atoms. The molecular formula is C18H18N2O4. The molecule has 24 heavy (non-hydrogen) atoms. The molecule has 6 heteroatoms. The van der Waals surface area contributed by atoms with E-state index in [1.807, 2.05) is 18.2 Å². The molecule has 2 aromatic heterocycles. The average Bonchev–Trinajstić information content (AvgIpc) is 3.21. The summed E-state index contributed by atoms with van der Waals surface area (Å²) < 4.78 is 12.6. The van der Waals surface area contributed by atoms with Crippen LogP contribution in [0, 0.1) is 0 Å². The minimum atomic E-state index is -0.433. The summed E-state index contributed by atoms with van der Waals surface area (Å²) in [5.74, 6) is -0.215. The van der Waals surface area contributed by atoms with Crippen LogP contribution in [-0.2, 0) is 11.8 Å². The molecule has 0 radical (unpaired) electrons. The SMILES string of the molecule is Cn1c(C(=O)NC[C@H]2CCCO2)cc2c(=O)oc3ccccc3c21. The zero-order valence-electron chi connectivity index (χ0n) is 13.4. The third-order valence-electron chi connectivity index (χ3n) is 4.54. The largest absolute Gasteiger partial charge is 0.422 e. The number of amides is 1. The van der Waals surface area contributed by atoms with E-state index in [2.05, 4.69) is 5.32 Å². The maximum Gasteiger partial charge on any atom is 0.345 e. The molecule has 0 aliphatic carbocycles. The first-order valence-corrected chi connectivity index (χ1v) is 8.06. The first-order chi connectivity index (χ1) is 11.6. The summed E-state index contributed by atoms with van der Waals surface area (Å²) >= 11 is 0. The van der Waals surface area contributed by atoms with Crippen LogP contribution in [0.5, 0.6) is 0 Å². The number of nitrogens with one attached hydrogen (secondary N) is 1. The monoisotopic (exact) mass is 326 g/mol. The average molecular weight is 326 g/mol. The number of hydrogen-bond donors (Lipinski definition) is 1. The molecular weight excluding hydrogens is 308 g/mol. The minimum absolute atomic E-state index is 0.0783. The van der Waals surface area contributed by atoms with Gasteiger partial charge in [-0.2, -0.15) is 0 Å². The van der Waals surface area contributed by atoms with Gasteiger partial charge in [-0.1, -0.05) is 12.1 Å². The molecule has 3 aromatic rings. The Morgan fingerprint density at radius 2 is 2.17 bits per heavy atom. The van der Waals surface area contributed by atoms with Crippen LogP contribution in [0.25, 0.3) is 21.9 Å². The lowest BCUT2D eigenvalue weighted by molar-refractivity contribution is 0.0851. The number of aromatic nitrogens is 1. The topological polar surface area (TPSA) is 73.5 Å². The highest BCUT2D eigenvalue weighted by molar-refractivity contribution is 6.07. The van der Waals surface area contributed by atoms with Gasteiger partial charge in [0, 0.05) is 25.6 Å². The van der Waals surface area contributed by atoms with Gasteiger partial charge in [0.25, 0.3) is 5.91 Å². The van der Waals surface area contributed by atoms with Crippen LogP contribution in [-0.4, -0.2) is 29.7 Å². The highest BCUT2D eigenvalue weighted by atomic mass is 16.5. The fourth-order valence-electron chi connectivity index (χ4n) is 3.31. The van der Waals surface area contributed by atoms with Crippen LogP contribution in [0.3, 0.4) is 0 Å². The van der Waals surface area contributed by atoms with Crippen molar-refractivity contribution in [1.29, 1.82) is 0 Å². The number of aryl methyl sites for hydroxylation is 1. The van der Waals surface area contributed by atoms with Crippen molar-refractivity contribution in [3.63, 3.8) is 0 Å². The molecule has 4 rings (SSSR count). The summed E-state index contributed by atoms with van der Waals surface area (Å²) in [6, 6.07) is 8.93. The predicted octanol–water partition coefficient (Wildman–Crippen LogP) is 2.19. The third kappa shape index (κ3) is 2.39. The number of carbonyl (C=O) groups excluding carboxylic acids is 1. The van der Waals surface area contributed by atoms with E-state index in [9.17, 15) is 9.59 Å². The molecule has 1 atom stereocenters. The molecule has 1 aliphatic rings. The molecule has 1 fully saturated rings. The number of hydrogen-bond acceptors (Lipinski definition) is 4. The van der Waals surface area contributed by atoms with Crippen LogP contribution >= 0.6 is 0 Å². The van der Waals surface area contributed by atoms with Gasteiger partial charge < -0.3 is 19.0 Å². The number of benzene rings is 1. The van der Waals surface area contributed by atoms with Crippen LogP contribution in [0.15, 0.2) is 39.5 Å². The van der Waals surface area contributed by atoms with Crippen molar-refractivity contribution in [3.8, 4) is 0 Å². The van der Waals surface area contributed by atoms with Crippen molar-refractivity contribution >= 4 is 27.8 Å². The Balaban J connectivity index is 1.75. The first kappa shape index (κ1) is 15.0. The molecule has 1 aromatic carbocycles. The van der Waals surface area contributed by atoms with Crippen LogP contribution in [0.4, 0.5) is 0 Å². The second kappa shape index (κ2) is 5.79. The van der Waals surface area contributed by atoms with Gasteiger partial charge in [-0.25, -0.2) is 4.79 Å². The Morgan fingerprint density at radius 1 is 1.33 bits per heavy atom. The van der Waals surface area contributed by atoms with E-state index in [1.165, 1.54) is 0 Å². The normalized spacial score (nSPS) is 17.6. The van der Waals surface area contributed by atoms with Gasteiger partial charge in [0.15, 0.2) is 0 Å². The summed E-state index contributed by atoms with van der Waals surface area (Å²) in [5, 5.41) is 4.12. The fraction of sp³-hybridized carbons (Fsp3) is 0.333. The molecule has 124 valence electrons. The van der Waals surface area contributed by atoms with E-state index < -0.39 is 5.63 Å². The minimum Gasteiger partial charge on any atom is -0.422 e. The molecule has 0 saturated carbocycles. The second-order valence-electron chi connectivity index (χ2n) is 6.08. The highest BCUT2D eigenvalue weighted by Gasteiger charge is 2.20. The van der Waals surface area contributed by atoms with E-state index >= 15 is 0 Å². The lowest BCUT2D eigenvalue weighted by atomic mass is 10.2. The van der Waals surface area contributed by atoms with Crippen molar-refractivity contribution in [2.75, 3.05) is 13.2 Å². The summed E-state index contributed by atoms with van der Waals surface area (Å²) in [5.41, 5.74) is 1.23. The number of ether oxygens (including phenoxy) is 1. The van der Waals surface area contributed by atoms with Gasteiger partial charge in [0.2, 0.25) is 0 Å². The van der Waals surface area contributed by atoms with Gasteiger partial charge in [0.05, 0.1) is 17.0 Å². The van der Waals surface area contributed by atoms with Gasteiger partial charge in [-0.3, -0.25) is 4.79 Å². The van der Waals surface area contributed by atoms with Gasteiger partial charge in [-0.15, -0.1) is 0 Å². The Labute approximate surface area is 138 Å². The van der Waals surface area contributed by atoms with Crippen molar-refractivity contribution in [2.45, 2.75) is 18.9 Å². The zero-order chi connectivity index (χ0) is 16.7. The number of nitrogens with zero attached hydrogens (tertiary/aromatic N) is 1. The molecule has 0 bridgehead atoms. The van der Waals surface area contributed by atoms with Crippen molar-refractivity contribution in [3.05, 3.63) is 46.4 Å². The first-order valence-electron chi connectivity index (χ1n) is 8.06. The van der Waals surface area contributed by atoms with Crippen molar-refractivity contribution in [2.24, 2.45) is 7.05 Å². The third-order valence-corrected chi connectivity index (χ3v) is 4.54. The lowest BCUT2D eigenvalue weighted by Gasteiger charge is -2.11. The number of carbonyl (C=O) groups is 1. The van der Waals surface area contributed by atoms with E-state index in [0.717, 1.165) is 24.8 Å². The zero-order valence-corrected chi connectivity index (χ0v) is 13.4. The Hall–Kier alpha value is -2.60. The number of fused-ring (bicyclic) bond motifs is 3. The molecule has 0 unspecified atom stereocenters. The standard InChI is InChI=1S/C18H18N2O4/c1-20-14(17(21)19-10-11-5-4-8-23-11)9-13-16(20)12-6-2-3-7-15(12)24-18(13)22/h2-3,6-7,9,11H,4-5,8,10H2,1H3,(H,19,21)/t11-/m1/s1. The Bertz CT molecular complexity index is 980. The smallest absolute Gasteiger partial charge is 0.345 e. The van der Waals surface area contributed by atoms with E-state index in [-0.39, 0.29) is 12.0 Å². The summed E-state index contributed by atoms with van der Waals surface area (Å²) in [6.07, 6.45) is 2.07. The molecule has 3 heterocycles. The van der Waals surface area contributed by atoms with E-state index in [1.54, 1.807) is 23.7 Å². The number of para-hydroxylation sites is 1. The van der Waals surface area contributed by atoms with E-state index in [0.29, 0.717) is 28.7 Å². The van der Waals surface area contributed by atoms with E-state index in [4.69, 9.17) is 9.15 Å². The molecule has 6 nitrogen and oxygen atoms in total. The van der Waals surface area contributed by atoms with Crippen molar-refractivity contribution < 1.29 is 13.9 Å². The quantitative estimate of drug-likeness (QED) is 0.749. The fourth-order valence-corrected chi connectivity index (χ4v) is 3.31. The summed E-state index contributed by atoms with van der Waals surface area (Å²) in [4.78, 5) is 24.7. The van der Waals surface area contributed by atoms with Gasteiger partial charge >= 0.3 is 5.63 Å². The second-order valence-corrected chi connectivity index (χ2v) is 6.08. The molecule has 1 N–H and O–H groups in total. The van der Waals surface area contributed by atoms with Gasteiger partial charge in [-0.05, 0) is 31.0 Å². The van der Waals surface area contributed by atoms with Crippen molar-refractivity contribution in [1.82, 2.24) is 9.88 Å². The molecule has 1 amide bonds. The molecule has 1 aliphatic heterocycles. The maximum absolute atomic E-state index is 12.5. The lowest BCUT2D eigenvalue weighted by Crippen LogP contribution is -2.32.